The number of H-pyrrole nitrogens is 1. The van der Waals surface area contributed by atoms with E-state index in [1.807, 2.05) is 0 Å². The number of furan rings is 1. The number of aromatic amines is 1. The summed E-state index contributed by atoms with van der Waals surface area (Å²) in [4.78, 5) is 13.8. The number of halogens is 1. The number of hydrogen-bond donors (Lipinski definition) is 2. The fourth-order valence-electron chi connectivity index (χ4n) is 2.21. The molecule has 2 N–H and O–H groups in total. The van der Waals surface area contributed by atoms with Crippen molar-refractivity contribution in [3.05, 3.63) is 34.5 Å². The van der Waals surface area contributed by atoms with E-state index in [0.29, 0.717) is 28.9 Å². The number of rotatable bonds is 2. The Morgan fingerprint density at radius 1 is 1.63 bits per heavy atom. The molecule has 0 radical (unpaired) electrons. The Balaban J connectivity index is 1.77. The van der Waals surface area contributed by atoms with Gasteiger partial charge in [0.05, 0.1) is 18.3 Å². The van der Waals surface area contributed by atoms with Crippen molar-refractivity contribution in [1.82, 2.24) is 20.3 Å². The molecule has 0 saturated carbocycles. The first-order chi connectivity index (χ1) is 9.08. The third-order valence-corrected chi connectivity index (χ3v) is 3.66. The van der Waals surface area contributed by atoms with Crippen molar-refractivity contribution in [2.45, 2.75) is 12.0 Å². The van der Waals surface area contributed by atoms with E-state index in [9.17, 15) is 9.90 Å². The van der Waals surface area contributed by atoms with Crippen LogP contribution < -0.4 is 0 Å². The summed E-state index contributed by atoms with van der Waals surface area (Å²) in [6, 6.07) is 1.61. The van der Waals surface area contributed by atoms with E-state index in [4.69, 9.17) is 4.42 Å². The van der Waals surface area contributed by atoms with Gasteiger partial charge in [-0.2, -0.15) is 15.4 Å². The van der Waals surface area contributed by atoms with E-state index < -0.39 is 5.60 Å². The summed E-state index contributed by atoms with van der Waals surface area (Å²) in [5.41, 5.74) is -0.226. The molecule has 0 unspecified atom stereocenters. The number of β-amino-alcohol motifs (C(OH)–C–C–N with tert-alkyl or cyclic N) is 1. The molecule has 1 aliphatic heterocycles. The Labute approximate surface area is 116 Å². The Bertz CT molecular complexity index is 597. The van der Waals surface area contributed by atoms with Crippen LogP contribution in [0.2, 0.25) is 0 Å². The van der Waals surface area contributed by atoms with Gasteiger partial charge in [-0.1, -0.05) is 0 Å². The van der Waals surface area contributed by atoms with Crippen LogP contribution in [0.3, 0.4) is 0 Å². The second-order valence-corrected chi connectivity index (χ2v) is 5.28. The third-order valence-electron chi connectivity index (χ3n) is 3.24. The van der Waals surface area contributed by atoms with Gasteiger partial charge in [-0.05, 0) is 15.9 Å². The Kier molecular flexibility index (Phi) is 2.90. The monoisotopic (exact) mass is 326 g/mol. The Morgan fingerprint density at radius 3 is 3.11 bits per heavy atom. The number of carbonyl (C=O) groups excluding carboxylic acids is 1. The summed E-state index contributed by atoms with van der Waals surface area (Å²) < 4.78 is 5.55. The molecule has 1 saturated heterocycles. The van der Waals surface area contributed by atoms with Crippen molar-refractivity contribution in [1.29, 1.82) is 0 Å². The molecule has 19 heavy (non-hydrogen) atoms. The first kappa shape index (κ1) is 12.4. The van der Waals surface area contributed by atoms with E-state index in [-0.39, 0.29) is 12.5 Å². The molecule has 1 fully saturated rings. The molecule has 0 spiro atoms. The minimum Gasteiger partial charge on any atom is -0.457 e. The summed E-state index contributed by atoms with van der Waals surface area (Å²) in [7, 11) is 0. The summed E-state index contributed by atoms with van der Waals surface area (Å²) in [5.74, 6) is -0.172. The van der Waals surface area contributed by atoms with Crippen molar-refractivity contribution in [3.8, 4) is 0 Å². The number of nitrogens with zero attached hydrogens (tertiary/aromatic N) is 3. The fourth-order valence-corrected chi connectivity index (χ4v) is 2.55. The predicted molar refractivity (Wildman–Crippen MR) is 67.2 cm³/mol. The number of carbonyl (C=O) groups is 1. The lowest BCUT2D eigenvalue weighted by molar-refractivity contribution is 0.0382. The third kappa shape index (κ3) is 2.17. The van der Waals surface area contributed by atoms with Crippen LogP contribution in [0.25, 0.3) is 0 Å². The van der Waals surface area contributed by atoms with Crippen LogP contribution in [0, 0.1) is 0 Å². The number of aromatic nitrogens is 3. The highest BCUT2D eigenvalue weighted by atomic mass is 79.9. The number of nitrogens with one attached hydrogen (secondary N) is 1. The van der Waals surface area contributed by atoms with Crippen molar-refractivity contribution in [2.75, 3.05) is 13.1 Å². The minimum atomic E-state index is -1.14. The van der Waals surface area contributed by atoms with Crippen LogP contribution in [-0.4, -0.2) is 44.4 Å². The standard InChI is InChI=1S/C11H11BrN4O3/c12-9-3-7(5-19-9)10(17)16-2-1-11(18,6-16)8-4-13-15-14-8/h3-5,18H,1-2,6H2,(H,13,14,15)/t11-/m1/s1. The van der Waals surface area contributed by atoms with Crippen molar-refractivity contribution < 1.29 is 14.3 Å². The molecule has 0 aromatic carbocycles. The molecule has 1 aliphatic rings. The van der Waals surface area contributed by atoms with Crippen LogP contribution in [-0.2, 0) is 5.60 Å². The van der Waals surface area contributed by atoms with Gasteiger partial charge in [0.2, 0.25) is 0 Å². The van der Waals surface area contributed by atoms with Gasteiger partial charge in [0, 0.05) is 19.0 Å². The second-order valence-electron chi connectivity index (χ2n) is 4.50. The molecular formula is C11H11BrN4O3. The molecule has 7 nitrogen and oxygen atoms in total. The molecule has 2 aromatic rings. The molecule has 8 heteroatoms. The van der Waals surface area contributed by atoms with Crippen LogP contribution in [0.1, 0.15) is 22.5 Å². The van der Waals surface area contributed by atoms with E-state index >= 15 is 0 Å². The summed E-state index contributed by atoms with van der Waals surface area (Å²) >= 11 is 3.15. The molecule has 3 rings (SSSR count). The van der Waals surface area contributed by atoms with Gasteiger partial charge in [-0.25, -0.2) is 0 Å². The highest BCUT2D eigenvalue weighted by Crippen LogP contribution is 2.31. The van der Waals surface area contributed by atoms with Crippen LogP contribution in [0.5, 0.6) is 0 Å². The van der Waals surface area contributed by atoms with Gasteiger partial charge in [0.15, 0.2) is 4.67 Å². The largest absolute Gasteiger partial charge is 0.457 e. The van der Waals surface area contributed by atoms with Crippen LogP contribution >= 0.6 is 15.9 Å². The lowest BCUT2D eigenvalue weighted by Crippen LogP contribution is -2.34. The van der Waals surface area contributed by atoms with E-state index in [1.54, 1.807) is 11.0 Å². The number of likely N-dealkylation sites (tertiary alicyclic amines) is 1. The van der Waals surface area contributed by atoms with Gasteiger partial charge < -0.3 is 14.4 Å². The molecular weight excluding hydrogens is 316 g/mol. The van der Waals surface area contributed by atoms with Crippen molar-refractivity contribution in [2.24, 2.45) is 0 Å². The second kappa shape index (κ2) is 4.46. The quantitative estimate of drug-likeness (QED) is 0.854. The highest BCUT2D eigenvalue weighted by molar-refractivity contribution is 9.10. The van der Waals surface area contributed by atoms with E-state index in [0.717, 1.165) is 0 Å². The number of hydrogen-bond acceptors (Lipinski definition) is 5. The summed E-state index contributed by atoms with van der Waals surface area (Å²) in [6.07, 6.45) is 3.30. The van der Waals surface area contributed by atoms with E-state index in [2.05, 4.69) is 31.3 Å². The topological polar surface area (TPSA) is 95.3 Å². The smallest absolute Gasteiger partial charge is 0.257 e. The zero-order chi connectivity index (χ0) is 13.5. The van der Waals surface area contributed by atoms with Gasteiger partial charge >= 0.3 is 0 Å². The maximum atomic E-state index is 12.2. The normalized spacial score (nSPS) is 22.9. The van der Waals surface area contributed by atoms with Gasteiger partial charge in [-0.3, -0.25) is 4.79 Å². The summed E-state index contributed by atoms with van der Waals surface area (Å²) in [5, 5.41) is 20.5. The van der Waals surface area contributed by atoms with E-state index in [1.165, 1.54) is 12.5 Å². The zero-order valence-electron chi connectivity index (χ0n) is 9.84. The number of amides is 1. The molecule has 0 bridgehead atoms. The van der Waals surface area contributed by atoms with Gasteiger partial charge in [-0.15, -0.1) is 0 Å². The molecule has 100 valence electrons. The molecule has 1 amide bonds. The molecule has 0 aliphatic carbocycles. The Morgan fingerprint density at radius 2 is 2.47 bits per heavy atom. The highest BCUT2D eigenvalue weighted by Gasteiger charge is 2.41. The molecule has 2 aromatic heterocycles. The fraction of sp³-hybridized carbons (Fsp3) is 0.364. The maximum absolute atomic E-state index is 12.2. The lowest BCUT2D eigenvalue weighted by atomic mass is 10.00. The van der Waals surface area contributed by atoms with Crippen molar-refractivity contribution in [3.63, 3.8) is 0 Å². The minimum absolute atomic E-state index is 0.172. The van der Waals surface area contributed by atoms with Gasteiger partial charge in [0.25, 0.3) is 5.91 Å². The Hall–Kier alpha value is -1.67. The SMILES string of the molecule is O=C(c1coc(Br)c1)N1CC[C@](O)(c2cn[nH]n2)C1. The average molecular weight is 327 g/mol. The molecule has 3 heterocycles. The van der Waals surface area contributed by atoms with Gasteiger partial charge in [0.1, 0.15) is 17.6 Å². The molecule has 1 atom stereocenters. The van der Waals surface area contributed by atoms with Crippen LogP contribution in [0.15, 0.2) is 27.6 Å². The predicted octanol–water partition coefficient (Wildman–Crippen LogP) is 0.894. The average Bonchev–Trinajstić information content (AvgIpc) is 3.07. The number of aliphatic hydroxyl groups is 1. The first-order valence-corrected chi connectivity index (χ1v) is 6.50. The van der Waals surface area contributed by atoms with Crippen molar-refractivity contribution >= 4 is 21.8 Å². The summed E-state index contributed by atoms with van der Waals surface area (Å²) in [6.45, 7) is 0.659. The lowest BCUT2D eigenvalue weighted by Gasteiger charge is -2.20. The first-order valence-electron chi connectivity index (χ1n) is 5.70. The maximum Gasteiger partial charge on any atom is 0.257 e. The zero-order valence-corrected chi connectivity index (χ0v) is 11.4. The van der Waals surface area contributed by atoms with Crippen LogP contribution in [0.4, 0.5) is 0 Å².